The molecule has 0 aliphatic rings. The average molecular weight is 215 g/mol. The third-order valence-corrected chi connectivity index (χ3v) is 1.66. The van der Waals surface area contributed by atoms with Gasteiger partial charge >= 0.3 is 0 Å². The van der Waals surface area contributed by atoms with Crippen LogP contribution in [0.1, 0.15) is 13.8 Å². The Hall–Kier alpha value is -1.29. The molecule has 0 aliphatic heterocycles. The van der Waals surface area contributed by atoms with Crippen LogP contribution in [0.3, 0.4) is 0 Å². The fourth-order valence-corrected chi connectivity index (χ4v) is 1.14. The largest absolute Gasteiger partial charge is 0.425 e. The predicted molar refractivity (Wildman–Crippen MR) is 54.7 cm³/mol. The molecule has 4 nitrogen and oxygen atoms in total. The van der Waals surface area contributed by atoms with E-state index in [4.69, 9.17) is 16.3 Å². The smallest absolute Gasteiger partial charge is 0.298 e. The van der Waals surface area contributed by atoms with Crippen LogP contribution in [-0.2, 0) is 4.79 Å². The summed E-state index contributed by atoms with van der Waals surface area (Å²) >= 11 is 5.71. The molecular formula is C9H11ClN2O2. The van der Waals surface area contributed by atoms with Gasteiger partial charge in [0.15, 0.2) is 5.75 Å². The highest BCUT2D eigenvalue weighted by Gasteiger charge is 2.06. The Labute approximate surface area is 87.2 Å². The standard InChI is InChI=1S/C9H11ClN2O2/c1-6(2)12-7-3-9(10)11-4-8(7)14-5-13/h3-6H,1-2H3,(H,11,12). The van der Waals surface area contributed by atoms with Gasteiger partial charge in [-0.05, 0) is 13.8 Å². The minimum Gasteiger partial charge on any atom is -0.425 e. The maximum Gasteiger partial charge on any atom is 0.298 e. The second-order valence-electron chi connectivity index (χ2n) is 3.02. The van der Waals surface area contributed by atoms with E-state index < -0.39 is 0 Å². The van der Waals surface area contributed by atoms with Gasteiger partial charge in [-0.15, -0.1) is 0 Å². The Balaban J connectivity index is 2.96. The molecule has 1 aromatic heterocycles. The normalized spacial score (nSPS) is 10.0. The Morgan fingerprint density at radius 1 is 1.64 bits per heavy atom. The van der Waals surface area contributed by atoms with E-state index >= 15 is 0 Å². The predicted octanol–water partition coefficient (Wildman–Crippen LogP) is 2.09. The third-order valence-electron chi connectivity index (χ3n) is 1.45. The minimum absolute atomic E-state index is 0.225. The van der Waals surface area contributed by atoms with Gasteiger partial charge in [-0.3, -0.25) is 4.79 Å². The summed E-state index contributed by atoms with van der Waals surface area (Å²) in [5.74, 6) is 0.373. The first kappa shape index (κ1) is 10.8. The van der Waals surface area contributed by atoms with Crippen molar-refractivity contribution in [3.05, 3.63) is 17.4 Å². The molecule has 14 heavy (non-hydrogen) atoms. The number of hydrogen-bond acceptors (Lipinski definition) is 4. The van der Waals surface area contributed by atoms with Crippen molar-refractivity contribution in [2.24, 2.45) is 0 Å². The van der Waals surface area contributed by atoms with E-state index in [9.17, 15) is 4.79 Å². The number of hydrogen-bond donors (Lipinski definition) is 1. The Kier molecular flexibility index (Phi) is 3.71. The zero-order valence-corrected chi connectivity index (χ0v) is 8.71. The molecule has 1 aromatic rings. The second kappa shape index (κ2) is 4.81. The summed E-state index contributed by atoms with van der Waals surface area (Å²) in [5.41, 5.74) is 0.659. The van der Waals surface area contributed by atoms with Gasteiger partial charge < -0.3 is 10.1 Å². The quantitative estimate of drug-likeness (QED) is 0.616. The van der Waals surface area contributed by atoms with Gasteiger partial charge in [0.05, 0.1) is 11.9 Å². The summed E-state index contributed by atoms with van der Waals surface area (Å²) in [4.78, 5) is 14.0. The van der Waals surface area contributed by atoms with Crippen LogP contribution >= 0.6 is 11.6 Å². The minimum atomic E-state index is 0.225. The molecule has 0 amide bonds. The van der Waals surface area contributed by atoms with Gasteiger partial charge in [0.1, 0.15) is 5.15 Å². The molecule has 0 saturated heterocycles. The summed E-state index contributed by atoms with van der Waals surface area (Å²) in [6.45, 7) is 4.30. The van der Waals surface area contributed by atoms with Crippen molar-refractivity contribution in [1.29, 1.82) is 0 Å². The van der Waals surface area contributed by atoms with E-state index in [0.717, 1.165) is 0 Å². The number of nitrogens with one attached hydrogen (secondary N) is 1. The molecule has 5 heteroatoms. The van der Waals surface area contributed by atoms with Crippen LogP contribution in [0.25, 0.3) is 0 Å². The molecule has 76 valence electrons. The Bertz CT molecular complexity index is 329. The zero-order valence-electron chi connectivity index (χ0n) is 7.95. The highest BCUT2D eigenvalue weighted by atomic mass is 35.5. The zero-order chi connectivity index (χ0) is 10.6. The van der Waals surface area contributed by atoms with E-state index in [1.165, 1.54) is 6.20 Å². The lowest BCUT2D eigenvalue weighted by Gasteiger charge is -2.12. The third kappa shape index (κ3) is 2.88. The number of carbonyl (C=O) groups excluding carboxylic acids is 1. The van der Waals surface area contributed by atoms with Crippen LogP contribution in [0.2, 0.25) is 5.15 Å². The van der Waals surface area contributed by atoms with Gasteiger partial charge in [-0.1, -0.05) is 11.6 Å². The number of carbonyl (C=O) groups is 1. The lowest BCUT2D eigenvalue weighted by molar-refractivity contribution is -0.120. The van der Waals surface area contributed by atoms with Crippen molar-refractivity contribution in [3.63, 3.8) is 0 Å². The maximum atomic E-state index is 10.2. The van der Waals surface area contributed by atoms with E-state index in [2.05, 4.69) is 10.3 Å². The molecule has 0 aromatic carbocycles. The lowest BCUT2D eigenvalue weighted by Crippen LogP contribution is -2.11. The molecule has 1 N–H and O–H groups in total. The molecule has 0 fully saturated rings. The number of pyridine rings is 1. The molecule has 0 aliphatic carbocycles. The first-order valence-electron chi connectivity index (χ1n) is 4.16. The number of rotatable bonds is 4. The second-order valence-corrected chi connectivity index (χ2v) is 3.40. The fraction of sp³-hybridized carbons (Fsp3) is 0.333. The first-order valence-corrected chi connectivity index (χ1v) is 4.53. The van der Waals surface area contributed by atoms with Gasteiger partial charge in [-0.25, -0.2) is 4.98 Å². The van der Waals surface area contributed by atoms with Crippen LogP contribution < -0.4 is 10.1 Å². The van der Waals surface area contributed by atoms with E-state index in [1.54, 1.807) is 6.07 Å². The summed E-state index contributed by atoms with van der Waals surface area (Å²) in [6, 6.07) is 1.84. The van der Waals surface area contributed by atoms with Crippen molar-refractivity contribution in [2.45, 2.75) is 19.9 Å². The van der Waals surface area contributed by atoms with Crippen molar-refractivity contribution in [2.75, 3.05) is 5.32 Å². The highest BCUT2D eigenvalue weighted by Crippen LogP contribution is 2.26. The van der Waals surface area contributed by atoms with Crippen LogP contribution in [0, 0.1) is 0 Å². The molecule has 1 rings (SSSR count). The van der Waals surface area contributed by atoms with Gasteiger partial charge in [0.2, 0.25) is 0 Å². The summed E-state index contributed by atoms with van der Waals surface area (Å²) < 4.78 is 4.73. The van der Waals surface area contributed by atoms with Crippen molar-refractivity contribution in [1.82, 2.24) is 4.98 Å². The van der Waals surface area contributed by atoms with Crippen molar-refractivity contribution in [3.8, 4) is 5.75 Å². The van der Waals surface area contributed by atoms with Gasteiger partial charge in [0, 0.05) is 12.1 Å². The first-order chi connectivity index (χ1) is 6.63. The number of anilines is 1. The number of nitrogens with zero attached hydrogens (tertiary/aromatic N) is 1. The molecule has 0 spiro atoms. The topological polar surface area (TPSA) is 51.2 Å². The van der Waals surface area contributed by atoms with Crippen molar-refractivity contribution >= 4 is 23.8 Å². The lowest BCUT2D eigenvalue weighted by atomic mass is 10.3. The van der Waals surface area contributed by atoms with E-state index in [0.29, 0.717) is 23.1 Å². The summed E-state index contributed by atoms with van der Waals surface area (Å²) in [6.07, 6.45) is 1.40. The number of halogens is 1. The van der Waals surface area contributed by atoms with Crippen LogP contribution in [0.15, 0.2) is 12.3 Å². The van der Waals surface area contributed by atoms with Crippen LogP contribution in [-0.4, -0.2) is 17.5 Å². The molecule has 0 atom stereocenters. The monoisotopic (exact) mass is 214 g/mol. The van der Waals surface area contributed by atoms with Gasteiger partial charge in [-0.2, -0.15) is 0 Å². The molecule has 0 radical (unpaired) electrons. The van der Waals surface area contributed by atoms with Gasteiger partial charge in [0.25, 0.3) is 6.47 Å². The average Bonchev–Trinajstić information content (AvgIpc) is 2.09. The summed E-state index contributed by atoms with van der Waals surface area (Å²) in [5, 5.41) is 3.44. The molecule has 1 heterocycles. The summed E-state index contributed by atoms with van der Waals surface area (Å²) in [7, 11) is 0. The molecule has 0 saturated carbocycles. The SMILES string of the molecule is CC(C)Nc1cc(Cl)ncc1OC=O. The maximum absolute atomic E-state index is 10.2. The molecular weight excluding hydrogens is 204 g/mol. The van der Waals surface area contributed by atoms with Crippen molar-refractivity contribution < 1.29 is 9.53 Å². The van der Waals surface area contributed by atoms with E-state index in [1.807, 2.05) is 13.8 Å². The number of ether oxygens (including phenoxy) is 1. The number of aromatic nitrogens is 1. The molecule has 0 bridgehead atoms. The van der Waals surface area contributed by atoms with E-state index in [-0.39, 0.29) is 6.04 Å². The highest BCUT2D eigenvalue weighted by molar-refractivity contribution is 6.29. The Morgan fingerprint density at radius 3 is 2.93 bits per heavy atom. The fourth-order valence-electron chi connectivity index (χ4n) is 0.987. The van der Waals surface area contributed by atoms with Crippen LogP contribution in [0.5, 0.6) is 5.75 Å². The molecule has 0 unspecified atom stereocenters. The van der Waals surface area contributed by atoms with Crippen LogP contribution in [0.4, 0.5) is 5.69 Å². The Morgan fingerprint density at radius 2 is 2.36 bits per heavy atom.